The maximum atomic E-state index is 13.5. The minimum atomic E-state index is -3.36. The summed E-state index contributed by atoms with van der Waals surface area (Å²) < 4.78 is 31.0. The van der Waals surface area contributed by atoms with Crippen LogP contribution in [0.1, 0.15) is 51.2 Å². The number of unbranched alkanes of at least 4 members (excludes halogenated alkanes) is 1. The lowest BCUT2D eigenvalue weighted by molar-refractivity contribution is -0.126. The van der Waals surface area contributed by atoms with Crippen molar-refractivity contribution in [3.8, 4) is 0 Å². The number of sulfone groups is 1. The second-order valence-electron chi connectivity index (χ2n) is 13.5. The fraction of sp³-hybridized carbons (Fsp3) is 0.514. The summed E-state index contributed by atoms with van der Waals surface area (Å²) in [6, 6.07) is 18.2. The normalized spacial score (nSPS) is 22.8. The predicted molar refractivity (Wildman–Crippen MR) is 191 cm³/mol. The topological polar surface area (TPSA) is 142 Å². The van der Waals surface area contributed by atoms with E-state index in [1.54, 1.807) is 6.21 Å². The number of benzene rings is 2. The van der Waals surface area contributed by atoms with E-state index in [2.05, 4.69) is 26.3 Å². The van der Waals surface area contributed by atoms with E-state index >= 15 is 0 Å². The van der Waals surface area contributed by atoms with E-state index in [4.69, 9.17) is 4.74 Å². The van der Waals surface area contributed by atoms with E-state index in [1.165, 1.54) is 0 Å². The first kappa shape index (κ1) is 36.6. The molecular formula is C37H49N5O6S. The van der Waals surface area contributed by atoms with Crippen molar-refractivity contribution in [3.63, 3.8) is 0 Å². The number of hydrogen-bond acceptors (Lipinski definition) is 9. The van der Waals surface area contributed by atoms with Crippen LogP contribution >= 0.6 is 0 Å². The lowest BCUT2D eigenvalue weighted by Crippen LogP contribution is -2.59. The Bertz CT molecular complexity index is 1700. The number of nitrogens with one attached hydrogen (secondary N) is 1. The fourth-order valence-electron chi connectivity index (χ4n) is 6.93. The summed E-state index contributed by atoms with van der Waals surface area (Å²) in [7, 11) is -3.36. The average Bonchev–Trinajstić information content (AvgIpc) is 3.38. The predicted octanol–water partition coefficient (Wildman–Crippen LogP) is 4.03. The van der Waals surface area contributed by atoms with Crippen molar-refractivity contribution in [3.05, 3.63) is 78.0 Å². The second-order valence-corrected chi connectivity index (χ2v) is 15.8. The lowest BCUT2D eigenvalue weighted by atomic mass is 9.99. The zero-order valence-electron chi connectivity index (χ0n) is 28.6. The molecule has 0 unspecified atom stereocenters. The molecule has 0 saturated carbocycles. The maximum Gasteiger partial charge on any atom is 0.407 e. The van der Waals surface area contributed by atoms with E-state index in [0.717, 1.165) is 28.5 Å². The summed E-state index contributed by atoms with van der Waals surface area (Å²) in [5, 5.41) is 14.8. The second kappa shape index (κ2) is 16.8. The zero-order valence-corrected chi connectivity index (χ0v) is 29.5. The number of aliphatic hydroxyl groups is 1. The third-order valence-electron chi connectivity index (χ3n) is 9.42. The molecule has 2 N–H and O–H groups in total. The molecule has 11 nitrogen and oxygen atoms in total. The lowest BCUT2D eigenvalue weighted by Gasteiger charge is -2.41. The van der Waals surface area contributed by atoms with Gasteiger partial charge in [0.05, 0.1) is 23.4 Å². The van der Waals surface area contributed by atoms with Gasteiger partial charge in [-0.25, -0.2) is 18.2 Å². The Morgan fingerprint density at radius 2 is 1.86 bits per heavy atom. The van der Waals surface area contributed by atoms with Crippen molar-refractivity contribution in [1.82, 2.24) is 20.1 Å². The molecular weight excluding hydrogens is 643 g/mol. The molecule has 264 valence electrons. The van der Waals surface area contributed by atoms with Crippen molar-refractivity contribution in [2.45, 2.75) is 82.5 Å². The quantitative estimate of drug-likeness (QED) is 0.254. The smallest absolute Gasteiger partial charge is 0.407 e. The number of nitrogens with zero attached hydrogens (tertiary/aromatic N) is 4. The fourth-order valence-corrected chi connectivity index (χ4v) is 9.24. The molecule has 0 aliphatic carbocycles. The Morgan fingerprint density at radius 3 is 2.61 bits per heavy atom. The summed E-state index contributed by atoms with van der Waals surface area (Å²) in [4.78, 5) is 39.8. The summed E-state index contributed by atoms with van der Waals surface area (Å²) in [6.45, 7) is 7.98. The van der Waals surface area contributed by atoms with Crippen LogP contribution in [-0.4, -0.2) is 108 Å². The number of aliphatic hydroxyl groups excluding tert-OH is 1. The molecule has 49 heavy (non-hydrogen) atoms. The van der Waals surface area contributed by atoms with Crippen LogP contribution in [0.25, 0.3) is 10.9 Å². The van der Waals surface area contributed by atoms with Gasteiger partial charge < -0.3 is 15.2 Å². The van der Waals surface area contributed by atoms with Crippen molar-refractivity contribution >= 4 is 39.0 Å². The van der Waals surface area contributed by atoms with Crippen LogP contribution in [0, 0.1) is 5.92 Å². The van der Waals surface area contributed by atoms with Crippen LogP contribution in [0.3, 0.4) is 0 Å². The van der Waals surface area contributed by atoms with Gasteiger partial charge >= 0.3 is 6.09 Å². The number of ether oxygens (including phenoxy) is 1. The standard InChI is InChI=1S/C37H49N5O6S/c1-4-5-16-38-36(44)32-24-41(23-28-20-29-13-9-10-14-30(29)39-22-28)17-18-42(32)25-33(43)31(21-27-11-7-6-8-12-27)40-37(45)48-34-15-19-49(46,47)35(34)26(2)3/h6-14,16,20,22,26,31-35,43H,4-5,15,17-19,21,23-25H2,1-3H3,(H,40,45)/t31-,32-,33+,34+,35+/m0/s1. The highest BCUT2D eigenvalue weighted by atomic mass is 32.2. The van der Waals surface area contributed by atoms with Gasteiger partial charge in [0.15, 0.2) is 9.84 Å². The molecule has 2 amide bonds. The molecule has 1 aromatic heterocycles. The molecule has 0 radical (unpaired) electrons. The number of carbonyl (C=O) groups is 2. The number of aliphatic imine (C=N–C) groups is 1. The van der Waals surface area contributed by atoms with Gasteiger partial charge in [0.25, 0.3) is 5.91 Å². The van der Waals surface area contributed by atoms with Crippen LogP contribution in [0.15, 0.2) is 71.9 Å². The van der Waals surface area contributed by atoms with Crippen LogP contribution in [0.5, 0.6) is 0 Å². The minimum Gasteiger partial charge on any atom is -0.445 e. The molecule has 2 fully saturated rings. The largest absolute Gasteiger partial charge is 0.445 e. The first-order chi connectivity index (χ1) is 23.5. The van der Waals surface area contributed by atoms with E-state index in [1.807, 2.05) is 86.5 Å². The number of fused-ring (bicyclic) bond motifs is 1. The summed E-state index contributed by atoms with van der Waals surface area (Å²) in [5.74, 6) is -0.499. The Labute approximate surface area is 289 Å². The number of aromatic nitrogens is 1. The minimum absolute atomic E-state index is 0.0244. The summed E-state index contributed by atoms with van der Waals surface area (Å²) >= 11 is 0. The molecule has 3 aromatic rings. The molecule has 2 aliphatic heterocycles. The van der Waals surface area contributed by atoms with Crippen molar-refractivity contribution in [1.29, 1.82) is 0 Å². The number of β-amino-alcohol motifs (C(OH)–C–C–N with tert-alkyl or cyclic N) is 1. The van der Waals surface area contributed by atoms with Crippen LogP contribution in [0.4, 0.5) is 4.79 Å². The molecule has 2 aliphatic rings. The number of carbonyl (C=O) groups excluding carboxylic acids is 2. The van der Waals surface area contributed by atoms with Crippen molar-refractivity contribution < 1.29 is 27.9 Å². The van der Waals surface area contributed by atoms with Crippen molar-refractivity contribution in [2.75, 3.05) is 31.9 Å². The molecule has 5 rings (SSSR count). The highest BCUT2D eigenvalue weighted by Crippen LogP contribution is 2.29. The van der Waals surface area contributed by atoms with Gasteiger partial charge in [-0.05, 0) is 48.4 Å². The highest BCUT2D eigenvalue weighted by molar-refractivity contribution is 7.92. The number of piperazine rings is 1. The Morgan fingerprint density at radius 1 is 1.10 bits per heavy atom. The Balaban J connectivity index is 1.30. The molecule has 2 aromatic carbocycles. The van der Waals surface area contributed by atoms with Gasteiger partial charge in [-0.1, -0.05) is 75.7 Å². The first-order valence-electron chi connectivity index (χ1n) is 17.3. The van der Waals surface area contributed by atoms with Gasteiger partial charge in [-0.15, -0.1) is 0 Å². The van der Waals surface area contributed by atoms with Crippen LogP contribution in [-0.2, 0) is 32.3 Å². The molecule has 0 bridgehead atoms. The van der Waals surface area contributed by atoms with Crippen LogP contribution < -0.4 is 5.32 Å². The summed E-state index contributed by atoms with van der Waals surface area (Å²) in [5.41, 5.74) is 2.88. The Hall–Kier alpha value is -3.71. The van der Waals surface area contributed by atoms with Gasteiger partial charge in [-0.3, -0.25) is 19.6 Å². The molecule has 2 saturated heterocycles. The number of alkyl carbamates (subject to hydrolysis) is 1. The first-order valence-corrected chi connectivity index (χ1v) is 19.0. The highest BCUT2D eigenvalue weighted by Gasteiger charge is 2.44. The van der Waals surface area contributed by atoms with E-state index in [-0.39, 0.29) is 30.5 Å². The number of hydrogen-bond donors (Lipinski definition) is 2. The molecule has 5 atom stereocenters. The van der Waals surface area contributed by atoms with E-state index in [9.17, 15) is 23.1 Å². The number of para-hydroxylation sites is 1. The molecule has 3 heterocycles. The number of pyridine rings is 1. The third-order valence-corrected chi connectivity index (χ3v) is 11.9. The third kappa shape index (κ3) is 9.72. The van der Waals surface area contributed by atoms with Gasteiger partial charge in [0.1, 0.15) is 17.4 Å². The van der Waals surface area contributed by atoms with Crippen molar-refractivity contribution in [2.24, 2.45) is 10.9 Å². The SMILES string of the molecule is CCCC=NC(=O)[C@@H]1CN(Cc2cnc3ccccc3c2)CCN1C[C@@H](O)[C@H](Cc1ccccc1)NC(=O)O[C@@H]1CCS(=O)(=O)[C@@H]1C(C)C. The van der Waals surface area contributed by atoms with Gasteiger partial charge in [0.2, 0.25) is 0 Å². The zero-order chi connectivity index (χ0) is 35.0. The molecule has 12 heteroatoms. The summed E-state index contributed by atoms with van der Waals surface area (Å²) in [6.07, 6.45) is 3.07. The van der Waals surface area contributed by atoms with E-state index < -0.39 is 45.5 Å². The van der Waals surface area contributed by atoms with Crippen LogP contribution in [0.2, 0.25) is 0 Å². The van der Waals surface area contributed by atoms with Gasteiger partial charge in [-0.2, -0.15) is 0 Å². The monoisotopic (exact) mass is 691 g/mol. The molecule has 0 spiro atoms. The maximum absolute atomic E-state index is 13.5. The number of rotatable bonds is 13. The Kier molecular flexibility index (Phi) is 12.5. The average molecular weight is 692 g/mol. The van der Waals surface area contributed by atoms with Gasteiger partial charge in [0, 0.05) is 50.5 Å². The van der Waals surface area contributed by atoms with E-state index in [0.29, 0.717) is 39.0 Å². The number of amides is 2.